The van der Waals surface area contributed by atoms with Gasteiger partial charge < -0.3 is 13.0 Å². The first-order valence-electron chi connectivity index (χ1n) is 3.08. The van der Waals surface area contributed by atoms with E-state index in [-0.39, 0.29) is 0 Å². The van der Waals surface area contributed by atoms with Crippen LogP contribution in [-0.2, 0) is 13.0 Å². The minimum atomic E-state index is -1.50. The van der Waals surface area contributed by atoms with Gasteiger partial charge in [-0.1, -0.05) is 13.8 Å². The summed E-state index contributed by atoms with van der Waals surface area (Å²) in [6.45, 7) is 4.82. The third-order valence-corrected chi connectivity index (χ3v) is 2.19. The van der Waals surface area contributed by atoms with E-state index in [1.807, 2.05) is 0 Å². The van der Waals surface area contributed by atoms with Crippen molar-refractivity contribution in [3.63, 3.8) is 0 Å². The van der Waals surface area contributed by atoms with Gasteiger partial charge >= 0.3 is 9.53 Å². The summed E-state index contributed by atoms with van der Waals surface area (Å²) < 4.78 is 14.8. The fraction of sp³-hybridized carbons (Fsp3) is 1.00. The van der Waals surface area contributed by atoms with Gasteiger partial charge in [-0.25, -0.2) is 0 Å². The Bertz CT molecular complexity index is 75.3. The minimum absolute atomic E-state index is 0.511. The van der Waals surface area contributed by atoms with Crippen LogP contribution in [0.1, 0.15) is 13.8 Å². The smallest absolute Gasteiger partial charge is 0.413 e. The molecule has 0 aromatic rings. The van der Waals surface area contributed by atoms with Crippen molar-refractivity contribution < 1.29 is 13.0 Å². The summed E-state index contributed by atoms with van der Waals surface area (Å²) >= 11 is 0. The second kappa shape index (κ2) is 6.05. The Hall–Kier alpha value is 0.314. The normalized spacial score (nSPS) is 11.4. The molecule has 4 radical (unpaired) electrons. The van der Waals surface area contributed by atoms with Crippen LogP contribution < -0.4 is 0 Å². The lowest BCUT2D eigenvalue weighted by atomic mass is 10.2. The van der Waals surface area contributed by atoms with Crippen molar-refractivity contribution in [2.75, 3.05) is 13.7 Å². The molecule has 0 N–H and O–H groups in total. The van der Waals surface area contributed by atoms with Gasteiger partial charge in [0, 0.05) is 13.7 Å². The van der Waals surface area contributed by atoms with Gasteiger partial charge in [0.1, 0.15) is 0 Å². The first kappa shape index (κ1) is 10.3. The van der Waals surface area contributed by atoms with E-state index in [0.717, 1.165) is 0 Å². The third kappa shape index (κ3) is 5.13. The molecule has 0 saturated heterocycles. The van der Waals surface area contributed by atoms with E-state index in [1.165, 1.54) is 0 Å². The Labute approximate surface area is 67.2 Å². The summed E-state index contributed by atoms with van der Waals surface area (Å²) in [5, 5.41) is 0. The van der Waals surface area contributed by atoms with Crippen LogP contribution in [0.2, 0.25) is 0 Å². The van der Waals surface area contributed by atoms with Crippen molar-refractivity contribution in [2.24, 2.45) is 5.92 Å². The Morgan fingerprint density at radius 3 is 2.40 bits per heavy atom. The molecular formula is C5H12O3Si2. The summed E-state index contributed by atoms with van der Waals surface area (Å²) in [6, 6.07) is 0. The van der Waals surface area contributed by atoms with Crippen molar-refractivity contribution in [1.29, 1.82) is 0 Å². The maximum Gasteiger partial charge on any atom is 0.565 e. The summed E-state index contributed by atoms with van der Waals surface area (Å²) in [6.07, 6.45) is 0. The molecule has 0 unspecified atom stereocenters. The standard InChI is InChI=1S/C5H12O3Si2/c1-5(2)4-7-10(6-3)8-9/h5H,4H2,1-3H3. The molecule has 0 rings (SSSR count). The topological polar surface area (TPSA) is 27.7 Å². The summed E-state index contributed by atoms with van der Waals surface area (Å²) in [4.78, 5) is 0. The van der Waals surface area contributed by atoms with Gasteiger partial charge in [-0.3, -0.25) is 0 Å². The van der Waals surface area contributed by atoms with Crippen LogP contribution in [0, 0.1) is 5.92 Å². The number of hydrogen-bond acceptors (Lipinski definition) is 3. The molecular weight excluding hydrogens is 164 g/mol. The summed E-state index contributed by atoms with van der Waals surface area (Å²) in [5.41, 5.74) is 0. The highest BCUT2D eigenvalue weighted by molar-refractivity contribution is 6.41. The Morgan fingerprint density at radius 2 is 2.10 bits per heavy atom. The summed E-state index contributed by atoms with van der Waals surface area (Å²) in [7, 11) is 2.93. The second-order valence-electron chi connectivity index (χ2n) is 2.26. The molecule has 58 valence electrons. The lowest BCUT2D eigenvalue weighted by Crippen LogP contribution is -2.26. The number of rotatable bonds is 5. The molecule has 5 heteroatoms. The first-order chi connectivity index (χ1) is 4.70. The lowest BCUT2D eigenvalue weighted by molar-refractivity contribution is 0.153. The van der Waals surface area contributed by atoms with Crippen LogP contribution in [0.4, 0.5) is 0 Å². The maximum absolute atomic E-state index is 5.21. The molecule has 0 aromatic carbocycles. The van der Waals surface area contributed by atoms with Gasteiger partial charge in [-0.05, 0) is 5.92 Å². The first-order valence-corrected chi connectivity index (χ1v) is 4.71. The van der Waals surface area contributed by atoms with Crippen LogP contribution in [0.15, 0.2) is 0 Å². The van der Waals surface area contributed by atoms with E-state index >= 15 is 0 Å². The second-order valence-corrected chi connectivity index (χ2v) is 4.27. The maximum atomic E-state index is 5.21. The highest BCUT2D eigenvalue weighted by Crippen LogP contribution is 1.95. The molecule has 0 aliphatic heterocycles. The largest absolute Gasteiger partial charge is 0.565 e. The number of hydrogen-bond donors (Lipinski definition) is 0. The van der Waals surface area contributed by atoms with E-state index in [9.17, 15) is 0 Å². The van der Waals surface area contributed by atoms with Crippen molar-refractivity contribution >= 4 is 20.0 Å². The summed E-state index contributed by atoms with van der Waals surface area (Å²) in [5.74, 6) is 0.511. The molecule has 3 nitrogen and oxygen atoms in total. The van der Waals surface area contributed by atoms with Gasteiger partial charge in [0.25, 0.3) is 0 Å². The molecule has 0 bridgehead atoms. The van der Waals surface area contributed by atoms with E-state index < -0.39 is 9.53 Å². The van der Waals surface area contributed by atoms with Crippen molar-refractivity contribution in [2.45, 2.75) is 13.8 Å². The van der Waals surface area contributed by atoms with Crippen LogP contribution >= 0.6 is 0 Å². The molecule has 0 heterocycles. The van der Waals surface area contributed by atoms with Crippen LogP contribution in [0.3, 0.4) is 0 Å². The fourth-order valence-corrected chi connectivity index (χ4v) is 1.52. The third-order valence-electron chi connectivity index (χ3n) is 0.785. The zero-order chi connectivity index (χ0) is 7.98. The average molecular weight is 176 g/mol. The molecule has 0 fully saturated rings. The molecule has 0 aliphatic carbocycles. The van der Waals surface area contributed by atoms with E-state index in [4.69, 9.17) is 13.0 Å². The SMILES string of the molecule is CO[Si](O[Si])OCC(C)C. The van der Waals surface area contributed by atoms with E-state index in [1.54, 1.807) is 7.11 Å². The fourth-order valence-electron chi connectivity index (χ4n) is 0.365. The Morgan fingerprint density at radius 1 is 1.50 bits per heavy atom. The molecule has 0 aromatic heterocycles. The predicted octanol–water partition coefficient (Wildman–Crippen LogP) is 0.390. The van der Waals surface area contributed by atoms with Gasteiger partial charge in [0.2, 0.25) is 10.5 Å². The molecule has 0 aliphatic rings. The zero-order valence-corrected chi connectivity index (χ0v) is 8.51. The Kier molecular flexibility index (Phi) is 6.24. The lowest BCUT2D eigenvalue weighted by Gasteiger charge is -2.10. The predicted molar refractivity (Wildman–Crippen MR) is 40.4 cm³/mol. The van der Waals surface area contributed by atoms with Crippen LogP contribution in [0.25, 0.3) is 0 Å². The van der Waals surface area contributed by atoms with Gasteiger partial charge in [-0.2, -0.15) is 0 Å². The van der Waals surface area contributed by atoms with E-state index in [0.29, 0.717) is 12.5 Å². The van der Waals surface area contributed by atoms with Gasteiger partial charge in [0.05, 0.1) is 0 Å². The monoisotopic (exact) mass is 176 g/mol. The zero-order valence-electron chi connectivity index (χ0n) is 6.51. The van der Waals surface area contributed by atoms with Crippen molar-refractivity contribution in [3.05, 3.63) is 0 Å². The molecule has 0 saturated carbocycles. The Balaban J connectivity index is 3.26. The van der Waals surface area contributed by atoms with Crippen molar-refractivity contribution in [1.82, 2.24) is 0 Å². The molecule has 0 atom stereocenters. The van der Waals surface area contributed by atoms with E-state index in [2.05, 4.69) is 24.3 Å². The van der Waals surface area contributed by atoms with Crippen LogP contribution in [-0.4, -0.2) is 33.7 Å². The molecule has 0 amide bonds. The van der Waals surface area contributed by atoms with Crippen molar-refractivity contribution in [3.8, 4) is 0 Å². The quantitative estimate of drug-likeness (QED) is 0.567. The minimum Gasteiger partial charge on any atom is -0.413 e. The molecule has 0 spiro atoms. The average Bonchev–Trinajstić information content (AvgIpc) is 1.90. The highest BCUT2D eigenvalue weighted by atomic mass is 28.4. The highest BCUT2D eigenvalue weighted by Gasteiger charge is 2.14. The van der Waals surface area contributed by atoms with Crippen LogP contribution in [0.5, 0.6) is 0 Å². The van der Waals surface area contributed by atoms with Gasteiger partial charge in [-0.15, -0.1) is 0 Å². The van der Waals surface area contributed by atoms with Gasteiger partial charge in [0.15, 0.2) is 0 Å². The molecule has 10 heavy (non-hydrogen) atoms.